The maximum Gasteiger partial charge on any atom is 0.213 e. The summed E-state index contributed by atoms with van der Waals surface area (Å²) in [4.78, 5) is 7.72. The molecule has 1 N–H and O–H groups in total. The number of hydrogen-bond donors (Lipinski definition) is 1. The van der Waals surface area contributed by atoms with Gasteiger partial charge in [0.25, 0.3) is 0 Å². The summed E-state index contributed by atoms with van der Waals surface area (Å²) >= 11 is 0. The summed E-state index contributed by atoms with van der Waals surface area (Å²) in [6.45, 7) is 7.58. The Balaban J connectivity index is 2.57. The van der Waals surface area contributed by atoms with Crippen LogP contribution < -0.4 is 0 Å². The second kappa shape index (κ2) is 3.10. The van der Waals surface area contributed by atoms with Crippen molar-refractivity contribution in [2.75, 3.05) is 0 Å². The van der Waals surface area contributed by atoms with Crippen molar-refractivity contribution >= 4 is 29.0 Å². The molecule has 0 bridgehead atoms. The van der Waals surface area contributed by atoms with E-state index < -0.39 is 0 Å². The highest BCUT2D eigenvalue weighted by atomic mass is 15.1. The summed E-state index contributed by atoms with van der Waals surface area (Å²) in [5, 5.41) is 0. The van der Waals surface area contributed by atoms with Gasteiger partial charge in [0.15, 0.2) is 0 Å². The number of aromatic nitrogens is 3. The molecular weight excluding hydrogens is 198 g/mol. The Hall–Kier alpha value is -2.29. The average molecular weight is 209 g/mol. The summed E-state index contributed by atoms with van der Waals surface area (Å²) in [7, 11) is 0. The number of rotatable bonds is 2. The molecule has 0 unspecified atom stereocenters. The van der Waals surface area contributed by atoms with Gasteiger partial charge < -0.3 is 4.98 Å². The van der Waals surface area contributed by atoms with Gasteiger partial charge in [0, 0.05) is 0 Å². The van der Waals surface area contributed by atoms with Crippen molar-refractivity contribution in [3.63, 3.8) is 0 Å². The Morgan fingerprint density at radius 1 is 1.19 bits per heavy atom. The third-order valence-corrected chi connectivity index (χ3v) is 2.72. The third kappa shape index (κ3) is 0.997. The maximum absolute atomic E-state index is 4.46. The molecule has 0 atom stereocenters. The number of para-hydroxylation sites is 2. The zero-order valence-corrected chi connectivity index (χ0v) is 8.77. The molecular formula is C13H11N3. The summed E-state index contributed by atoms with van der Waals surface area (Å²) < 4.78 is 2.05. The van der Waals surface area contributed by atoms with Gasteiger partial charge in [-0.1, -0.05) is 25.3 Å². The van der Waals surface area contributed by atoms with Crippen LogP contribution >= 0.6 is 0 Å². The van der Waals surface area contributed by atoms with Gasteiger partial charge in [-0.15, -0.1) is 0 Å². The predicted molar refractivity (Wildman–Crippen MR) is 67.2 cm³/mol. The summed E-state index contributed by atoms with van der Waals surface area (Å²) in [5.41, 5.74) is 4.01. The lowest BCUT2D eigenvalue weighted by molar-refractivity contribution is 1.23. The highest BCUT2D eigenvalue weighted by Crippen LogP contribution is 2.21. The number of aromatic amines is 1. The van der Waals surface area contributed by atoms with E-state index in [9.17, 15) is 0 Å². The number of imidazole rings is 2. The Labute approximate surface area is 92.7 Å². The van der Waals surface area contributed by atoms with E-state index in [0.717, 1.165) is 28.2 Å². The van der Waals surface area contributed by atoms with Gasteiger partial charge in [0.05, 0.1) is 22.4 Å². The molecule has 0 spiro atoms. The molecule has 2 heterocycles. The standard InChI is InChI=1S/C13H11N3/c1-3-9-11(4-2)16-12-8-6-5-7-10(12)15-13(16)14-9/h3-8H,1-2H2,(H,14,15). The minimum atomic E-state index is 0.825. The molecule has 0 aliphatic heterocycles. The highest BCUT2D eigenvalue weighted by molar-refractivity contribution is 5.82. The topological polar surface area (TPSA) is 33.1 Å². The van der Waals surface area contributed by atoms with Crippen LogP contribution in [-0.4, -0.2) is 14.4 Å². The summed E-state index contributed by atoms with van der Waals surface area (Å²) in [6.07, 6.45) is 3.55. The van der Waals surface area contributed by atoms with Crippen LogP contribution in [0.2, 0.25) is 0 Å². The first kappa shape index (κ1) is 8.97. The van der Waals surface area contributed by atoms with Gasteiger partial charge in [0.1, 0.15) is 0 Å². The molecule has 0 aliphatic rings. The lowest BCUT2D eigenvalue weighted by Gasteiger charge is -1.94. The van der Waals surface area contributed by atoms with Crippen LogP contribution in [0.25, 0.3) is 29.0 Å². The fraction of sp³-hybridized carbons (Fsp3) is 0. The van der Waals surface area contributed by atoms with Crippen molar-refractivity contribution in [3.05, 3.63) is 48.8 Å². The first-order chi connectivity index (χ1) is 7.85. The van der Waals surface area contributed by atoms with Gasteiger partial charge in [-0.05, 0) is 24.3 Å². The third-order valence-electron chi connectivity index (χ3n) is 2.72. The highest BCUT2D eigenvalue weighted by Gasteiger charge is 2.11. The van der Waals surface area contributed by atoms with Crippen LogP contribution in [0.3, 0.4) is 0 Å². The van der Waals surface area contributed by atoms with Crippen LogP contribution in [0.1, 0.15) is 11.4 Å². The molecule has 0 saturated heterocycles. The summed E-state index contributed by atoms with van der Waals surface area (Å²) in [5.74, 6) is 0.825. The minimum absolute atomic E-state index is 0.825. The Morgan fingerprint density at radius 3 is 2.75 bits per heavy atom. The van der Waals surface area contributed by atoms with Crippen molar-refractivity contribution in [3.8, 4) is 0 Å². The quantitative estimate of drug-likeness (QED) is 0.691. The van der Waals surface area contributed by atoms with Crippen molar-refractivity contribution in [2.45, 2.75) is 0 Å². The molecule has 0 fully saturated rings. The fourth-order valence-electron chi connectivity index (χ4n) is 2.02. The number of nitrogens with zero attached hydrogens (tertiary/aromatic N) is 2. The number of hydrogen-bond acceptors (Lipinski definition) is 1. The molecule has 1 aromatic carbocycles. The lowest BCUT2D eigenvalue weighted by Crippen LogP contribution is -1.84. The first-order valence-electron chi connectivity index (χ1n) is 5.09. The van der Waals surface area contributed by atoms with Crippen LogP contribution in [-0.2, 0) is 0 Å². The number of fused-ring (bicyclic) bond motifs is 3. The molecule has 16 heavy (non-hydrogen) atoms. The van der Waals surface area contributed by atoms with E-state index in [1.807, 2.05) is 18.2 Å². The fourth-order valence-corrected chi connectivity index (χ4v) is 2.02. The molecule has 3 nitrogen and oxygen atoms in total. The van der Waals surface area contributed by atoms with Crippen LogP contribution in [0, 0.1) is 0 Å². The minimum Gasteiger partial charge on any atom is -0.323 e. The van der Waals surface area contributed by atoms with E-state index in [0.29, 0.717) is 0 Å². The molecule has 0 amide bonds. The molecule has 0 aliphatic carbocycles. The second-order valence-corrected chi connectivity index (χ2v) is 3.59. The molecule has 3 heteroatoms. The van der Waals surface area contributed by atoms with Crippen molar-refractivity contribution in [1.29, 1.82) is 0 Å². The van der Waals surface area contributed by atoms with Gasteiger partial charge in [-0.25, -0.2) is 4.98 Å². The van der Waals surface area contributed by atoms with E-state index in [1.54, 1.807) is 12.2 Å². The Morgan fingerprint density at radius 2 is 2.00 bits per heavy atom. The van der Waals surface area contributed by atoms with Crippen molar-refractivity contribution < 1.29 is 0 Å². The predicted octanol–water partition coefficient (Wildman–Crippen LogP) is 3.10. The molecule has 3 rings (SSSR count). The number of benzene rings is 1. The van der Waals surface area contributed by atoms with E-state index in [-0.39, 0.29) is 0 Å². The molecule has 0 radical (unpaired) electrons. The van der Waals surface area contributed by atoms with Gasteiger partial charge in [-0.3, -0.25) is 4.40 Å². The normalized spacial score (nSPS) is 11.0. The van der Waals surface area contributed by atoms with Crippen molar-refractivity contribution in [2.24, 2.45) is 0 Å². The first-order valence-corrected chi connectivity index (χ1v) is 5.09. The maximum atomic E-state index is 4.46. The largest absolute Gasteiger partial charge is 0.323 e. The monoisotopic (exact) mass is 209 g/mol. The van der Waals surface area contributed by atoms with Gasteiger partial charge in [0.2, 0.25) is 5.78 Å². The van der Waals surface area contributed by atoms with E-state index in [4.69, 9.17) is 0 Å². The van der Waals surface area contributed by atoms with Crippen LogP contribution in [0.4, 0.5) is 0 Å². The summed E-state index contributed by atoms with van der Waals surface area (Å²) in [6, 6.07) is 8.10. The van der Waals surface area contributed by atoms with Crippen molar-refractivity contribution in [1.82, 2.24) is 14.4 Å². The van der Waals surface area contributed by atoms with Gasteiger partial charge in [-0.2, -0.15) is 0 Å². The van der Waals surface area contributed by atoms with E-state index >= 15 is 0 Å². The Bertz CT molecular complexity index is 700. The SMILES string of the molecule is C=Cc1nc2[nH]c3ccccc3n2c1C=C. The molecule has 3 aromatic rings. The van der Waals surface area contributed by atoms with E-state index in [1.165, 1.54) is 0 Å². The van der Waals surface area contributed by atoms with Crippen LogP contribution in [0.5, 0.6) is 0 Å². The average Bonchev–Trinajstić information content (AvgIpc) is 2.83. The van der Waals surface area contributed by atoms with E-state index in [2.05, 4.69) is 33.6 Å². The second-order valence-electron chi connectivity index (χ2n) is 3.59. The van der Waals surface area contributed by atoms with Crippen LogP contribution in [0.15, 0.2) is 37.4 Å². The molecule has 0 saturated carbocycles. The molecule has 2 aromatic heterocycles. The number of H-pyrrole nitrogens is 1. The van der Waals surface area contributed by atoms with Gasteiger partial charge >= 0.3 is 0 Å². The number of nitrogens with one attached hydrogen (secondary N) is 1. The smallest absolute Gasteiger partial charge is 0.213 e. The zero-order chi connectivity index (χ0) is 11.1. The Kier molecular flexibility index (Phi) is 1.74. The lowest BCUT2D eigenvalue weighted by atomic mass is 10.3. The molecule has 78 valence electrons. The zero-order valence-electron chi connectivity index (χ0n) is 8.77.